The van der Waals surface area contributed by atoms with E-state index in [1.54, 1.807) is 7.11 Å². The molecule has 19 heavy (non-hydrogen) atoms. The van der Waals surface area contributed by atoms with Gasteiger partial charge in [-0.1, -0.05) is 6.92 Å². The SMILES string of the molecule is CCC(C)N1CCN(CCC(=O)C(C)(C)OC)CC1. The quantitative estimate of drug-likeness (QED) is 0.706. The summed E-state index contributed by atoms with van der Waals surface area (Å²) >= 11 is 0. The van der Waals surface area contributed by atoms with Crippen LogP contribution in [-0.2, 0) is 9.53 Å². The summed E-state index contributed by atoms with van der Waals surface area (Å²) in [6, 6.07) is 0.677. The van der Waals surface area contributed by atoms with Crippen molar-refractivity contribution in [3.05, 3.63) is 0 Å². The van der Waals surface area contributed by atoms with Crippen molar-refractivity contribution < 1.29 is 9.53 Å². The maximum Gasteiger partial charge on any atom is 0.165 e. The molecule has 1 saturated heterocycles. The molecule has 1 fully saturated rings. The molecule has 0 spiro atoms. The number of carbonyl (C=O) groups excluding carboxylic acids is 1. The second kappa shape index (κ2) is 7.36. The maximum atomic E-state index is 12.0. The third-order valence-electron chi connectivity index (χ3n) is 4.46. The lowest BCUT2D eigenvalue weighted by Gasteiger charge is -2.38. The van der Waals surface area contributed by atoms with Crippen LogP contribution in [0.25, 0.3) is 0 Å². The van der Waals surface area contributed by atoms with E-state index in [4.69, 9.17) is 4.74 Å². The van der Waals surface area contributed by atoms with Gasteiger partial charge in [0.2, 0.25) is 0 Å². The van der Waals surface area contributed by atoms with E-state index in [0.717, 1.165) is 32.7 Å². The Balaban J connectivity index is 2.28. The van der Waals surface area contributed by atoms with Gasteiger partial charge in [0, 0.05) is 52.3 Å². The number of nitrogens with zero attached hydrogens (tertiary/aromatic N) is 2. The van der Waals surface area contributed by atoms with E-state index >= 15 is 0 Å². The summed E-state index contributed by atoms with van der Waals surface area (Å²) in [5.74, 6) is 0.194. The van der Waals surface area contributed by atoms with Crippen molar-refractivity contribution in [2.45, 2.75) is 52.2 Å². The maximum absolute atomic E-state index is 12.0. The number of ether oxygens (including phenoxy) is 1. The zero-order valence-corrected chi connectivity index (χ0v) is 13.2. The zero-order chi connectivity index (χ0) is 14.5. The van der Waals surface area contributed by atoms with Crippen LogP contribution >= 0.6 is 0 Å². The molecule has 1 rings (SSSR count). The monoisotopic (exact) mass is 270 g/mol. The lowest BCUT2D eigenvalue weighted by atomic mass is 10.0. The van der Waals surface area contributed by atoms with Gasteiger partial charge in [-0.05, 0) is 27.2 Å². The van der Waals surface area contributed by atoms with Gasteiger partial charge in [-0.3, -0.25) is 9.69 Å². The minimum Gasteiger partial charge on any atom is -0.371 e. The number of hydrogen-bond acceptors (Lipinski definition) is 4. The molecule has 0 aromatic heterocycles. The molecule has 1 heterocycles. The molecule has 1 atom stereocenters. The summed E-state index contributed by atoms with van der Waals surface area (Å²) in [5, 5.41) is 0. The van der Waals surface area contributed by atoms with E-state index in [0.29, 0.717) is 12.5 Å². The van der Waals surface area contributed by atoms with E-state index in [9.17, 15) is 4.79 Å². The number of piperazine rings is 1. The molecule has 1 aliphatic rings. The number of carbonyl (C=O) groups is 1. The molecule has 0 bridgehead atoms. The minimum atomic E-state index is -0.640. The Morgan fingerprint density at radius 2 is 1.84 bits per heavy atom. The smallest absolute Gasteiger partial charge is 0.165 e. The van der Waals surface area contributed by atoms with Gasteiger partial charge in [0.15, 0.2) is 5.78 Å². The molecular formula is C15H30N2O2. The molecule has 0 saturated carbocycles. The molecule has 1 aliphatic heterocycles. The minimum absolute atomic E-state index is 0.194. The first-order valence-electron chi connectivity index (χ1n) is 7.45. The van der Waals surface area contributed by atoms with Crippen molar-refractivity contribution in [3.63, 3.8) is 0 Å². The highest BCUT2D eigenvalue weighted by atomic mass is 16.5. The van der Waals surface area contributed by atoms with Gasteiger partial charge in [0.1, 0.15) is 5.60 Å². The molecule has 4 heteroatoms. The number of ketones is 1. The Bertz CT molecular complexity index is 284. The average Bonchev–Trinajstić information content (AvgIpc) is 2.44. The molecule has 0 N–H and O–H groups in total. The number of rotatable bonds is 7. The number of Topliss-reactive ketones (excluding diaryl/α,β-unsaturated/α-hetero) is 1. The Labute approximate surface area is 118 Å². The third-order valence-corrected chi connectivity index (χ3v) is 4.46. The predicted octanol–water partition coefficient (Wildman–Crippen LogP) is 1.79. The summed E-state index contributed by atoms with van der Waals surface area (Å²) in [6.07, 6.45) is 1.80. The van der Waals surface area contributed by atoms with E-state index in [-0.39, 0.29) is 5.78 Å². The van der Waals surface area contributed by atoms with Gasteiger partial charge in [0.05, 0.1) is 0 Å². The molecule has 1 unspecified atom stereocenters. The Kier molecular flexibility index (Phi) is 6.43. The van der Waals surface area contributed by atoms with Gasteiger partial charge < -0.3 is 9.64 Å². The highest BCUT2D eigenvalue weighted by Gasteiger charge is 2.27. The van der Waals surface area contributed by atoms with Crippen molar-refractivity contribution in [1.29, 1.82) is 0 Å². The highest BCUT2D eigenvalue weighted by Crippen LogP contribution is 2.13. The third kappa shape index (κ3) is 4.86. The molecule has 0 radical (unpaired) electrons. The van der Waals surface area contributed by atoms with Crippen LogP contribution in [0.5, 0.6) is 0 Å². The molecule has 0 aromatic rings. The Hall–Kier alpha value is -0.450. The lowest BCUT2D eigenvalue weighted by Crippen LogP contribution is -2.50. The van der Waals surface area contributed by atoms with Crippen molar-refractivity contribution in [2.24, 2.45) is 0 Å². The number of hydrogen-bond donors (Lipinski definition) is 0. The Morgan fingerprint density at radius 3 is 2.32 bits per heavy atom. The summed E-state index contributed by atoms with van der Waals surface area (Å²) in [4.78, 5) is 16.9. The fourth-order valence-corrected chi connectivity index (χ4v) is 2.36. The summed E-state index contributed by atoms with van der Waals surface area (Å²) in [7, 11) is 1.60. The van der Waals surface area contributed by atoms with Crippen LogP contribution in [0.15, 0.2) is 0 Å². The number of methoxy groups -OCH3 is 1. The summed E-state index contributed by atoms with van der Waals surface area (Å²) < 4.78 is 5.23. The van der Waals surface area contributed by atoms with E-state index in [1.165, 1.54) is 6.42 Å². The van der Waals surface area contributed by atoms with Crippen LogP contribution in [0.3, 0.4) is 0 Å². The largest absolute Gasteiger partial charge is 0.371 e. The normalized spacial score (nSPS) is 20.5. The molecule has 4 nitrogen and oxygen atoms in total. The van der Waals surface area contributed by atoms with Gasteiger partial charge in [-0.15, -0.1) is 0 Å². The average molecular weight is 270 g/mol. The van der Waals surface area contributed by atoms with Crippen LogP contribution in [0.2, 0.25) is 0 Å². The van der Waals surface area contributed by atoms with Crippen LogP contribution in [0, 0.1) is 0 Å². The zero-order valence-electron chi connectivity index (χ0n) is 13.2. The first kappa shape index (κ1) is 16.6. The van der Waals surface area contributed by atoms with Crippen LogP contribution in [0.1, 0.15) is 40.5 Å². The first-order valence-corrected chi connectivity index (χ1v) is 7.45. The van der Waals surface area contributed by atoms with Crippen LogP contribution in [0.4, 0.5) is 0 Å². The van der Waals surface area contributed by atoms with Crippen LogP contribution in [-0.4, -0.2) is 67.1 Å². The van der Waals surface area contributed by atoms with Crippen molar-refractivity contribution in [2.75, 3.05) is 39.8 Å². The second-order valence-electron chi connectivity index (χ2n) is 6.02. The van der Waals surface area contributed by atoms with E-state index < -0.39 is 5.60 Å². The van der Waals surface area contributed by atoms with Crippen LogP contribution < -0.4 is 0 Å². The van der Waals surface area contributed by atoms with Crippen molar-refractivity contribution >= 4 is 5.78 Å². The van der Waals surface area contributed by atoms with Gasteiger partial charge in [0.25, 0.3) is 0 Å². The molecule has 0 amide bonds. The topological polar surface area (TPSA) is 32.8 Å². The second-order valence-corrected chi connectivity index (χ2v) is 6.02. The van der Waals surface area contributed by atoms with Crippen molar-refractivity contribution in [1.82, 2.24) is 9.80 Å². The van der Waals surface area contributed by atoms with E-state index in [1.807, 2.05) is 13.8 Å². The molecule has 0 aromatic carbocycles. The van der Waals surface area contributed by atoms with Gasteiger partial charge >= 0.3 is 0 Å². The predicted molar refractivity (Wildman–Crippen MR) is 78.5 cm³/mol. The first-order chi connectivity index (χ1) is 8.90. The Morgan fingerprint density at radius 1 is 1.26 bits per heavy atom. The fraction of sp³-hybridized carbons (Fsp3) is 0.933. The fourth-order valence-electron chi connectivity index (χ4n) is 2.36. The molecule has 112 valence electrons. The summed E-state index contributed by atoms with van der Waals surface area (Å²) in [6.45, 7) is 13.5. The lowest BCUT2D eigenvalue weighted by molar-refractivity contribution is -0.137. The van der Waals surface area contributed by atoms with Gasteiger partial charge in [-0.2, -0.15) is 0 Å². The molecular weight excluding hydrogens is 240 g/mol. The van der Waals surface area contributed by atoms with Crippen molar-refractivity contribution in [3.8, 4) is 0 Å². The van der Waals surface area contributed by atoms with Gasteiger partial charge in [-0.25, -0.2) is 0 Å². The standard InChI is InChI=1S/C15H30N2O2/c1-6-13(2)17-11-9-16(10-12-17)8-7-14(18)15(3,4)19-5/h13H,6-12H2,1-5H3. The molecule has 0 aliphatic carbocycles. The summed E-state index contributed by atoms with van der Waals surface area (Å²) in [5.41, 5.74) is -0.640. The van der Waals surface area contributed by atoms with E-state index in [2.05, 4.69) is 23.6 Å². The highest BCUT2D eigenvalue weighted by molar-refractivity contribution is 5.86.